The first-order valence-electron chi connectivity index (χ1n) is 8.01. The highest BCUT2D eigenvalue weighted by Crippen LogP contribution is 2.18. The molecule has 6 heteroatoms. The Balaban J connectivity index is 2.49. The summed E-state index contributed by atoms with van der Waals surface area (Å²) in [6, 6.07) is 6.50. The maximum absolute atomic E-state index is 12.0. The largest absolute Gasteiger partial charge is 0.496 e. The number of carboxylic acid groups (broad SMARTS) is 1. The monoisotopic (exact) mass is 337 g/mol. The second-order valence-electron chi connectivity index (χ2n) is 6.52. The predicted octanol–water partition coefficient (Wildman–Crippen LogP) is 2.40. The summed E-state index contributed by atoms with van der Waals surface area (Å²) in [6.07, 6.45) is 0.915. The van der Waals surface area contributed by atoms with Crippen LogP contribution in [0.4, 0.5) is 0 Å². The van der Waals surface area contributed by atoms with Crippen LogP contribution in [0.5, 0.6) is 5.75 Å². The second kappa shape index (κ2) is 9.27. The minimum atomic E-state index is -1.06. The second-order valence-corrected chi connectivity index (χ2v) is 6.52. The number of benzene rings is 1. The van der Waals surface area contributed by atoms with Gasteiger partial charge in [0.15, 0.2) is 0 Å². The van der Waals surface area contributed by atoms with Crippen LogP contribution in [0.15, 0.2) is 24.3 Å². The molecule has 0 saturated carbocycles. The molecule has 0 aliphatic rings. The molecular weight excluding hydrogens is 310 g/mol. The predicted molar refractivity (Wildman–Crippen MR) is 91.2 cm³/mol. The molecule has 2 N–H and O–H groups in total. The number of carboxylic acids is 1. The van der Waals surface area contributed by atoms with Gasteiger partial charge in [-0.05, 0) is 38.8 Å². The quantitative estimate of drug-likeness (QED) is 0.723. The van der Waals surface area contributed by atoms with Crippen LogP contribution >= 0.6 is 0 Å². The molecule has 0 heterocycles. The van der Waals surface area contributed by atoms with Gasteiger partial charge in [-0.1, -0.05) is 18.2 Å². The first-order valence-corrected chi connectivity index (χ1v) is 8.01. The van der Waals surface area contributed by atoms with Gasteiger partial charge in [0, 0.05) is 19.4 Å². The summed E-state index contributed by atoms with van der Waals surface area (Å²) in [5, 5.41) is 11.8. The summed E-state index contributed by atoms with van der Waals surface area (Å²) < 4.78 is 10.8. The van der Waals surface area contributed by atoms with E-state index in [-0.39, 0.29) is 31.0 Å². The van der Waals surface area contributed by atoms with Crippen LogP contribution in [0.3, 0.4) is 0 Å². The number of hydrogen-bond donors (Lipinski definition) is 2. The average molecular weight is 337 g/mol. The number of aliphatic carboxylic acids is 1. The van der Waals surface area contributed by atoms with Gasteiger partial charge in [0.05, 0.1) is 12.7 Å². The first kappa shape index (κ1) is 20.0. The third-order valence-corrected chi connectivity index (χ3v) is 3.39. The SMILES string of the molecule is COc1ccccc1CCC(=O)NC(CCOC(C)(C)C)C(=O)O. The Morgan fingerprint density at radius 1 is 1.25 bits per heavy atom. The van der Waals surface area contributed by atoms with Crippen molar-refractivity contribution in [2.75, 3.05) is 13.7 Å². The Bertz CT molecular complexity index is 551. The lowest BCUT2D eigenvalue weighted by Crippen LogP contribution is -2.42. The summed E-state index contributed by atoms with van der Waals surface area (Å²) >= 11 is 0. The standard InChI is InChI=1S/C18H27NO5/c1-18(2,3)24-12-11-14(17(21)22)19-16(20)10-9-13-7-5-6-8-15(13)23-4/h5-8,14H,9-12H2,1-4H3,(H,19,20)(H,21,22). The zero-order valence-electron chi connectivity index (χ0n) is 14.8. The zero-order chi connectivity index (χ0) is 18.2. The van der Waals surface area contributed by atoms with Gasteiger partial charge in [-0.3, -0.25) is 4.79 Å². The summed E-state index contributed by atoms with van der Waals surface area (Å²) in [4.78, 5) is 23.3. The van der Waals surface area contributed by atoms with E-state index in [1.165, 1.54) is 0 Å². The van der Waals surface area contributed by atoms with Crippen molar-refractivity contribution in [1.29, 1.82) is 0 Å². The van der Waals surface area contributed by atoms with Crippen molar-refractivity contribution in [3.63, 3.8) is 0 Å². The van der Waals surface area contributed by atoms with Crippen molar-refractivity contribution in [3.05, 3.63) is 29.8 Å². The summed E-state index contributed by atoms with van der Waals surface area (Å²) in [5.41, 5.74) is 0.579. The molecule has 0 aromatic heterocycles. The number of hydrogen-bond acceptors (Lipinski definition) is 4. The van der Waals surface area contributed by atoms with Crippen LogP contribution < -0.4 is 10.1 Å². The Morgan fingerprint density at radius 2 is 1.92 bits per heavy atom. The van der Waals surface area contributed by atoms with Gasteiger partial charge in [0.2, 0.25) is 5.91 Å². The lowest BCUT2D eigenvalue weighted by molar-refractivity contribution is -0.142. The minimum Gasteiger partial charge on any atom is -0.496 e. The zero-order valence-corrected chi connectivity index (χ0v) is 14.8. The molecule has 6 nitrogen and oxygen atoms in total. The fourth-order valence-electron chi connectivity index (χ4n) is 2.16. The van der Waals surface area contributed by atoms with Gasteiger partial charge in [0.1, 0.15) is 11.8 Å². The van der Waals surface area contributed by atoms with E-state index in [1.807, 2.05) is 45.0 Å². The molecule has 1 rings (SSSR count). The van der Waals surface area contributed by atoms with Gasteiger partial charge < -0.3 is 19.9 Å². The van der Waals surface area contributed by atoms with E-state index >= 15 is 0 Å². The van der Waals surface area contributed by atoms with Crippen LogP contribution in [0.25, 0.3) is 0 Å². The first-order chi connectivity index (χ1) is 11.2. The van der Waals surface area contributed by atoms with Crippen molar-refractivity contribution in [2.24, 2.45) is 0 Å². The molecular formula is C18H27NO5. The highest BCUT2D eigenvalue weighted by molar-refractivity contribution is 5.83. The normalized spacial score (nSPS) is 12.5. The number of aryl methyl sites for hydroxylation is 1. The minimum absolute atomic E-state index is 0.199. The molecule has 1 amide bonds. The Hall–Kier alpha value is -2.08. The molecule has 1 unspecified atom stereocenters. The number of ether oxygens (including phenoxy) is 2. The Kier molecular flexibility index (Phi) is 7.71. The maximum atomic E-state index is 12.0. The van der Waals surface area contributed by atoms with Crippen LogP contribution in [0, 0.1) is 0 Å². The molecule has 24 heavy (non-hydrogen) atoms. The number of carbonyl (C=O) groups excluding carboxylic acids is 1. The smallest absolute Gasteiger partial charge is 0.326 e. The fourth-order valence-corrected chi connectivity index (χ4v) is 2.16. The Morgan fingerprint density at radius 3 is 2.50 bits per heavy atom. The van der Waals surface area contributed by atoms with Crippen molar-refractivity contribution in [1.82, 2.24) is 5.32 Å². The van der Waals surface area contributed by atoms with E-state index in [2.05, 4.69) is 5.32 Å². The fraction of sp³-hybridized carbons (Fsp3) is 0.556. The van der Waals surface area contributed by atoms with Crippen LogP contribution in [0.1, 0.15) is 39.2 Å². The van der Waals surface area contributed by atoms with Crippen molar-refractivity contribution in [2.45, 2.75) is 51.7 Å². The Labute approximate surface area is 143 Å². The highest BCUT2D eigenvalue weighted by atomic mass is 16.5. The number of para-hydroxylation sites is 1. The molecule has 0 bridgehead atoms. The van der Waals surface area contributed by atoms with Crippen molar-refractivity contribution < 1.29 is 24.2 Å². The molecule has 1 aromatic rings. The molecule has 1 aromatic carbocycles. The lowest BCUT2D eigenvalue weighted by atomic mass is 10.1. The van der Waals surface area contributed by atoms with Crippen LogP contribution in [-0.2, 0) is 20.7 Å². The van der Waals surface area contributed by atoms with Gasteiger partial charge in [0.25, 0.3) is 0 Å². The number of methoxy groups -OCH3 is 1. The van der Waals surface area contributed by atoms with Gasteiger partial charge in [-0.2, -0.15) is 0 Å². The summed E-state index contributed by atoms with van der Waals surface area (Å²) in [6.45, 7) is 5.96. The van der Waals surface area contributed by atoms with Crippen molar-refractivity contribution in [3.8, 4) is 5.75 Å². The molecule has 1 atom stereocenters. The van der Waals surface area contributed by atoms with Crippen LogP contribution in [0.2, 0.25) is 0 Å². The van der Waals surface area contributed by atoms with Gasteiger partial charge in [-0.25, -0.2) is 4.79 Å². The average Bonchev–Trinajstić information content (AvgIpc) is 2.50. The van der Waals surface area contributed by atoms with E-state index in [0.29, 0.717) is 6.42 Å². The number of rotatable bonds is 9. The molecule has 0 saturated heterocycles. The van der Waals surface area contributed by atoms with E-state index in [9.17, 15) is 14.7 Å². The topological polar surface area (TPSA) is 84.9 Å². The van der Waals surface area contributed by atoms with E-state index in [0.717, 1.165) is 11.3 Å². The third kappa shape index (κ3) is 7.46. The highest BCUT2D eigenvalue weighted by Gasteiger charge is 2.21. The molecule has 134 valence electrons. The number of carbonyl (C=O) groups is 2. The van der Waals surface area contributed by atoms with Crippen molar-refractivity contribution >= 4 is 11.9 Å². The summed E-state index contributed by atoms with van der Waals surface area (Å²) in [7, 11) is 1.58. The maximum Gasteiger partial charge on any atom is 0.326 e. The molecule has 0 aliphatic carbocycles. The number of amides is 1. The molecule has 0 radical (unpaired) electrons. The van der Waals surface area contributed by atoms with E-state index in [4.69, 9.17) is 9.47 Å². The summed E-state index contributed by atoms with van der Waals surface area (Å²) in [5.74, 6) is -0.638. The molecule has 0 spiro atoms. The lowest BCUT2D eigenvalue weighted by Gasteiger charge is -2.21. The van der Waals surface area contributed by atoms with Gasteiger partial charge in [-0.15, -0.1) is 0 Å². The van der Waals surface area contributed by atoms with Crippen LogP contribution in [-0.4, -0.2) is 42.3 Å². The van der Waals surface area contributed by atoms with Gasteiger partial charge >= 0.3 is 5.97 Å². The molecule has 0 aliphatic heterocycles. The van der Waals surface area contributed by atoms with E-state index < -0.39 is 12.0 Å². The van der Waals surface area contributed by atoms with E-state index in [1.54, 1.807) is 7.11 Å². The molecule has 0 fully saturated rings. The number of nitrogens with one attached hydrogen (secondary N) is 1. The third-order valence-electron chi connectivity index (χ3n) is 3.39.